The van der Waals surface area contributed by atoms with Crippen LogP contribution in [0.5, 0.6) is 0 Å². The summed E-state index contributed by atoms with van der Waals surface area (Å²) in [7, 11) is 0. The van der Waals surface area contributed by atoms with E-state index in [4.69, 9.17) is 0 Å². The lowest BCUT2D eigenvalue weighted by atomic mass is 10.0. The molecule has 5 rings (SSSR count). The molecule has 2 aromatic rings. The summed E-state index contributed by atoms with van der Waals surface area (Å²) < 4.78 is 2.15. The molecule has 2 amide bonds. The highest BCUT2D eigenvalue weighted by molar-refractivity contribution is 5.97. The Bertz CT molecular complexity index is 854. The van der Waals surface area contributed by atoms with E-state index in [1.165, 1.54) is 25.7 Å². The number of amides is 2. The third-order valence-electron chi connectivity index (χ3n) is 5.98. The molecule has 2 atom stereocenters. The summed E-state index contributed by atoms with van der Waals surface area (Å²) in [6.45, 7) is 1.82. The number of pyridine rings is 1. The zero-order valence-electron chi connectivity index (χ0n) is 14.0. The van der Waals surface area contributed by atoms with E-state index >= 15 is 0 Å². The van der Waals surface area contributed by atoms with Crippen LogP contribution in [0.1, 0.15) is 42.1 Å². The fourth-order valence-corrected chi connectivity index (χ4v) is 4.57. The first-order valence-electron chi connectivity index (χ1n) is 9.10. The monoisotopic (exact) mass is 339 g/mol. The first-order chi connectivity index (χ1) is 12.2. The van der Waals surface area contributed by atoms with Crippen LogP contribution in [0, 0.1) is 11.8 Å². The Kier molecular flexibility index (Phi) is 3.29. The quantitative estimate of drug-likeness (QED) is 0.896. The van der Waals surface area contributed by atoms with Gasteiger partial charge in [-0.05, 0) is 18.9 Å². The van der Waals surface area contributed by atoms with E-state index in [0.717, 1.165) is 11.2 Å². The van der Waals surface area contributed by atoms with E-state index < -0.39 is 0 Å². The molecule has 2 saturated heterocycles. The van der Waals surface area contributed by atoms with Crippen molar-refractivity contribution in [3.8, 4) is 0 Å². The van der Waals surface area contributed by atoms with E-state index in [0.29, 0.717) is 31.2 Å². The van der Waals surface area contributed by atoms with Crippen LogP contribution < -0.4 is 5.32 Å². The summed E-state index contributed by atoms with van der Waals surface area (Å²) in [5.74, 6) is 0.216. The van der Waals surface area contributed by atoms with Crippen molar-refractivity contribution in [3.05, 3.63) is 24.2 Å². The Labute approximate surface area is 145 Å². The molecule has 0 unspecified atom stereocenters. The van der Waals surface area contributed by atoms with Gasteiger partial charge in [-0.25, -0.2) is 9.97 Å². The number of hydrogen-bond acceptors (Lipinski definition) is 4. The van der Waals surface area contributed by atoms with Crippen molar-refractivity contribution in [1.29, 1.82) is 0 Å². The normalized spacial score (nSPS) is 26.4. The van der Waals surface area contributed by atoms with Crippen molar-refractivity contribution in [2.45, 2.75) is 31.7 Å². The predicted molar refractivity (Wildman–Crippen MR) is 90.9 cm³/mol. The van der Waals surface area contributed by atoms with E-state index in [-0.39, 0.29) is 23.7 Å². The third-order valence-corrected chi connectivity index (χ3v) is 5.98. The lowest BCUT2D eigenvalue weighted by Crippen LogP contribution is -2.33. The van der Waals surface area contributed by atoms with Crippen molar-refractivity contribution in [2.24, 2.45) is 11.8 Å². The minimum Gasteiger partial charge on any atom is -0.355 e. The summed E-state index contributed by atoms with van der Waals surface area (Å²) in [6, 6.07) is 2.32. The Morgan fingerprint density at radius 2 is 2.04 bits per heavy atom. The third kappa shape index (κ3) is 2.33. The molecule has 1 saturated carbocycles. The van der Waals surface area contributed by atoms with Gasteiger partial charge in [-0.1, -0.05) is 12.8 Å². The summed E-state index contributed by atoms with van der Waals surface area (Å²) in [5, 5.41) is 2.87. The van der Waals surface area contributed by atoms with Crippen molar-refractivity contribution in [1.82, 2.24) is 24.8 Å². The van der Waals surface area contributed by atoms with Gasteiger partial charge < -0.3 is 14.8 Å². The number of fused-ring (bicyclic) bond motifs is 2. The SMILES string of the molecule is O=C1NC[C@H]2CN(C(=O)c3cnc4c(c3)ncn4C3CCCC3)C[C@@H]12. The Balaban J connectivity index is 1.40. The maximum absolute atomic E-state index is 12.8. The molecule has 3 aliphatic rings. The number of nitrogens with zero attached hydrogens (tertiary/aromatic N) is 4. The first-order valence-corrected chi connectivity index (χ1v) is 9.10. The molecular formula is C18H21N5O2. The number of rotatable bonds is 2. The van der Waals surface area contributed by atoms with Crippen LogP contribution in [0.2, 0.25) is 0 Å². The topological polar surface area (TPSA) is 80.1 Å². The first kappa shape index (κ1) is 14.9. The van der Waals surface area contributed by atoms with Crippen molar-refractivity contribution >= 4 is 23.0 Å². The second-order valence-corrected chi connectivity index (χ2v) is 7.48. The second-order valence-electron chi connectivity index (χ2n) is 7.48. The molecule has 7 nitrogen and oxygen atoms in total. The van der Waals surface area contributed by atoms with Gasteiger partial charge in [0.25, 0.3) is 5.91 Å². The fraction of sp³-hybridized carbons (Fsp3) is 0.556. The highest BCUT2D eigenvalue weighted by atomic mass is 16.2. The molecule has 25 heavy (non-hydrogen) atoms. The van der Waals surface area contributed by atoms with Crippen molar-refractivity contribution in [3.63, 3.8) is 0 Å². The van der Waals surface area contributed by atoms with E-state index in [1.54, 1.807) is 11.1 Å². The maximum atomic E-state index is 12.8. The van der Waals surface area contributed by atoms with Gasteiger partial charge in [0.2, 0.25) is 5.91 Å². The Hall–Kier alpha value is -2.44. The highest BCUT2D eigenvalue weighted by Gasteiger charge is 2.43. The molecule has 0 bridgehead atoms. The number of hydrogen-bond donors (Lipinski definition) is 1. The molecule has 1 aliphatic carbocycles. The van der Waals surface area contributed by atoms with Crippen LogP contribution >= 0.6 is 0 Å². The fourth-order valence-electron chi connectivity index (χ4n) is 4.57. The van der Waals surface area contributed by atoms with Crippen molar-refractivity contribution < 1.29 is 9.59 Å². The molecule has 0 aromatic carbocycles. The molecule has 7 heteroatoms. The number of aromatic nitrogens is 3. The van der Waals surface area contributed by atoms with Gasteiger partial charge in [-0.3, -0.25) is 9.59 Å². The van der Waals surface area contributed by atoms with Crippen LogP contribution in [0.4, 0.5) is 0 Å². The van der Waals surface area contributed by atoms with Gasteiger partial charge in [0, 0.05) is 37.8 Å². The molecule has 2 aromatic heterocycles. The van der Waals surface area contributed by atoms with E-state index in [9.17, 15) is 9.59 Å². The zero-order valence-corrected chi connectivity index (χ0v) is 14.0. The summed E-state index contributed by atoms with van der Waals surface area (Å²) in [5.41, 5.74) is 2.19. The molecule has 130 valence electrons. The van der Waals surface area contributed by atoms with Gasteiger partial charge in [0.15, 0.2) is 5.65 Å². The zero-order chi connectivity index (χ0) is 17.0. The molecule has 1 N–H and O–H groups in total. The number of carbonyl (C=O) groups excluding carboxylic acids is 2. The van der Waals surface area contributed by atoms with Gasteiger partial charge in [0.1, 0.15) is 5.52 Å². The molecular weight excluding hydrogens is 318 g/mol. The number of imidazole rings is 1. The van der Waals surface area contributed by atoms with E-state index in [2.05, 4.69) is 19.9 Å². The Morgan fingerprint density at radius 3 is 2.84 bits per heavy atom. The lowest BCUT2D eigenvalue weighted by molar-refractivity contribution is -0.122. The maximum Gasteiger partial charge on any atom is 0.255 e. The summed E-state index contributed by atoms with van der Waals surface area (Å²) in [6.07, 6.45) is 8.37. The average Bonchev–Trinajstić information content (AvgIpc) is 3.39. The van der Waals surface area contributed by atoms with Crippen LogP contribution in [0.15, 0.2) is 18.6 Å². The van der Waals surface area contributed by atoms with E-state index in [1.807, 2.05) is 12.4 Å². The predicted octanol–water partition coefficient (Wildman–Crippen LogP) is 1.36. The van der Waals surface area contributed by atoms with Gasteiger partial charge in [-0.15, -0.1) is 0 Å². The average molecular weight is 339 g/mol. The van der Waals surface area contributed by atoms with Gasteiger partial charge in [-0.2, -0.15) is 0 Å². The lowest BCUT2D eigenvalue weighted by Gasteiger charge is -2.17. The van der Waals surface area contributed by atoms with Crippen LogP contribution in [0.3, 0.4) is 0 Å². The van der Waals surface area contributed by atoms with Crippen molar-refractivity contribution in [2.75, 3.05) is 19.6 Å². The van der Waals surface area contributed by atoms with Gasteiger partial charge in [0.05, 0.1) is 17.8 Å². The van der Waals surface area contributed by atoms with Crippen LogP contribution in [0.25, 0.3) is 11.2 Å². The van der Waals surface area contributed by atoms with Gasteiger partial charge >= 0.3 is 0 Å². The molecule has 2 aliphatic heterocycles. The molecule has 0 spiro atoms. The summed E-state index contributed by atoms with van der Waals surface area (Å²) in [4.78, 5) is 35.4. The number of nitrogens with one attached hydrogen (secondary N) is 1. The largest absolute Gasteiger partial charge is 0.355 e. The minimum atomic E-state index is -0.0535. The molecule has 4 heterocycles. The minimum absolute atomic E-state index is 0.0491. The standard InChI is InChI=1S/C18H21N5O2/c24-17-14-9-22(8-12(14)7-20-17)18(25)11-5-15-16(19-6-11)23(10-21-15)13-3-1-2-4-13/h5-6,10,12-14H,1-4,7-9H2,(H,20,24)/t12-,14+/m0/s1. The number of likely N-dealkylation sites (tertiary alicyclic amines) is 1. The van der Waals surface area contributed by atoms with Crippen LogP contribution in [-0.2, 0) is 4.79 Å². The Morgan fingerprint density at radius 1 is 1.20 bits per heavy atom. The number of carbonyl (C=O) groups is 2. The molecule has 3 fully saturated rings. The molecule has 0 radical (unpaired) electrons. The smallest absolute Gasteiger partial charge is 0.255 e. The van der Waals surface area contributed by atoms with Crippen LogP contribution in [-0.4, -0.2) is 50.9 Å². The second kappa shape index (κ2) is 5.54. The highest BCUT2D eigenvalue weighted by Crippen LogP contribution is 2.32. The summed E-state index contributed by atoms with van der Waals surface area (Å²) >= 11 is 0.